The Hall–Kier alpha value is -3.69. The molecule has 0 radical (unpaired) electrons. The quantitative estimate of drug-likeness (QED) is 0.610. The number of piperidine rings is 1. The van der Waals surface area contributed by atoms with Crippen molar-refractivity contribution >= 4 is 5.91 Å². The van der Waals surface area contributed by atoms with Crippen LogP contribution in [-0.4, -0.2) is 39.2 Å². The van der Waals surface area contributed by atoms with E-state index >= 15 is 0 Å². The minimum absolute atomic E-state index is 0.0783. The average molecular weight is 456 g/mol. The van der Waals surface area contributed by atoms with E-state index in [1.165, 1.54) is 16.8 Å². The van der Waals surface area contributed by atoms with Crippen LogP contribution in [0.25, 0.3) is 11.1 Å². The van der Waals surface area contributed by atoms with Gasteiger partial charge < -0.3 is 14.6 Å². The molecule has 0 bridgehead atoms. The van der Waals surface area contributed by atoms with Gasteiger partial charge in [-0.3, -0.25) is 9.59 Å². The Labute approximate surface area is 199 Å². The van der Waals surface area contributed by atoms with Gasteiger partial charge in [-0.05, 0) is 29.9 Å². The van der Waals surface area contributed by atoms with E-state index in [9.17, 15) is 20.0 Å². The summed E-state index contributed by atoms with van der Waals surface area (Å²) in [6.45, 7) is 3.03. The van der Waals surface area contributed by atoms with Crippen LogP contribution in [0.1, 0.15) is 43.2 Å². The predicted molar refractivity (Wildman–Crippen MR) is 131 cm³/mol. The maximum atomic E-state index is 12.8. The van der Waals surface area contributed by atoms with Crippen LogP contribution in [0.3, 0.4) is 0 Å². The Balaban J connectivity index is 1.41. The van der Waals surface area contributed by atoms with E-state index in [4.69, 9.17) is 0 Å². The van der Waals surface area contributed by atoms with E-state index in [0.29, 0.717) is 43.5 Å². The number of amides is 1. The first kappa shape index (κ1) is 23.5. The SMILES string of the molecule is C[C@H](CC(=O)N1CCC(O)(Cn2cc(C#N)c(-c3ccccc3)cc2=O)CC1)c1ccccc1. The van der Waals surface area contributed by atoms with Gasteiger partial charge >= 0.3 is 0 Å². The summed E-state index contributed by atoms with van der Waals surface area (Å²) in [7, 11) is 0. The molecule has 2 aromatic carbocycles. The third-order valence-electron chi connectivity index (χ3n) is 6.69. The van der Waals surface area contributed by atoms with Gasteiger partial charge in [0.2, 0.25) is 5.91 Å². The van der Waals surface area contributed by atoms with Crippen molar-refractivity contribution in [1.82, 2.24) is 9.47 Å². The van der Waals surface area contributed by atoms with Crippen molar-refractivity contribution < 1.29 is 9.90 Å². The number of aliphatic hydroxyl groups is 1. The molecule has 2 heterocycles. The highest BCUT2D eigenvalue weighted by Crippen LogP contribution is 2.27. The number of hydrogen-bond acceptors (Lipinski definition) is 4. The van der Waals surface area contributed by atoms with E-state index in [0.717, 1.165) is 11.1 Å². The Kier molecular flexibility index (Phi) is 6.95. The lowest BCUT2D eigenvalue weighted by Gasteiger charge is -2.38. The highest BCUT2D eigenvalue weighted by Gasteiger charge is 2.35. The molecule has 1 atom stereocenters. The second-order valence-corrected chi connectivity index (χ2v) is 9.17. The summed E-state index contributed by atoms with van der Waals surface area (Å²) < 4.78 is 1.42. The van der Waals surface area contributed by atoms with Gasteiger partial charge in [0.05, 0.1) is 17.7 Å². The standard InChI is InChI=1S/C28H29N3O3/c1-21(22-8-4-2-5-9-22)16-26(32)30-14-12-28(34,13-15-30)20-31-19-24(18-29)25(17-27(31)33)23-10-6-3-7-11-23/h2-11,17,19,21,34H,12-16,20H2,1H3/t21-/m1/s1. The van der Waals surface area contributed by atoms with Crippen molar-refractivity contribution in [3.8, 4) is 17.2 Å². The minimum atomic E-state index is -1.10. The Morgan fingerprint density at radius 1 is 1.09 bits per heavy atom. The summed E-state index contributed by atoms with van der Waals surface area (Å²) in [5.41, 5.74) is 1.55. The number of likely N-dealkylation sites (tertiary alicyclic amines) is 1. The Morgan fingerprint density at radius 2 is 1.71 bits per heavy atom. The van der Waals surface area contributed by atoms with Crippen LogP contribution < -0.4 is 5.56 Å². The molecule has 6 heteroatoms. The average Bonchev–Trinajstić information content (AvgIpc) is 2.86. The normalized spacial score (nSPS) is 16.0. The summed E-state index contributed by atoms with van der Waals surface area (Å²) in [4.78, 5) is 27.4. The van der Waals surface area contributed by atoms with Crippen LogP contribution >= 0.6 is 0 Å². The van der Waals surface area contributed by atoms with Gasteiger partial charge in [0.1, 0.15) is 6.07 Å². The summed E-state index contributed by atoms with van der Waals surface area (Å²) in [5.74, 6) is 0.204. The highest BCUT2D eigenvalue weighted by molar-refractivity contribution is 5.77. The summed E-state index contributed by atoms with van der Waals surface area (Å²) in [6.07, 6.45) is 2.72. The van der Waals surface area contributed by atoms with Crippen molar-refractivity contribution in [3.05, 3.63) is 94.4 Å². The lowest BCUT2D eigenvalue weighted by molar-refractivity contribution is -0.136. The van der Waals surface area contributed by atoms with Gasteiger partial charge in [-0.2, -0.15) is 5.26 Å². The van der Waals surface area contributed by atoms with E-state index in [1.54, 1.807) is 4.90 Å². The predicted octanol–water partition coefficient (Wildman–Crippen LogP) is 3.93. The van der Waals surface area contributed by atoms with Crippen LogP contribution in [0.15, 0.2) is 77.7 Å². The van der Waals surface area contributed by atoms with Crippen molar-refractivity contribution in [2.24, 2.45) is 0 Å². The Bertz CT molecular complexity index is 1240. The first-order valence-electron chi connectivity index (χ1n) is 11.6. The first-order chi connectivity index (χ1) is 16.4. The van der Waals surface area contributed by atoms with E-state index in [1.807, 2.05) is 67.6 Å². The zero-order valence-electron chi connectivity index (χ0n) is 19.4. The number of carbonyl (C=O) groups excluding carboxylic acids is 1. The van der Waals surface area contributed by atoms with Gasteiger partial charge in [0, 0.05) is 37.3 Å². The van der Waals surface area contributed by atoms with Crippen molar-refractivity contribution in [1.29, 1.82) is 5.26 Å². The maximum Gasteiger partial charge on any atom is 0.251 e. The van der Waals surface area contributed by atoms with E-state index < -0.39 is 5.60 Å². The topological polar surface area (TPSA) is 86.3 Å². The van der Waals surface area contributed by atoms with Crippen LogP contribution in [-0.2, 0) is 11.3 Å². The third-order valence-corrected chi connectivity index (χ3v) is 6.69. The molecule has 1 aromatic heterocycles. The second kappa shape index (κ2) is 10.1. The molecule has 1 N–H and O–H groups in total. The number of benzene rings is 2. The second-order valence-electron chi connectivity index (χ2n) is 9.17. The van der Waals surface area contributed by atoms with Crippen molar-refractivity contribution in [2.45, 2.75) is 44.2 Å². The zero-order valence-corrected chi connectivity index (χ0v) is 19.4. The molecular weight excluding hydrogens is 426 g/mol. The molecule has 0 saturated carbocycles. The smallest absolute Gasteiger partial charge is 0.251 e. The summed E-state index contributed by atoms with van der Waals surface area (Å²) in [5, 5.41) is 20.8. The number of rotatable bonds is 6. The highest BCUT2D eigenvalue weighted by atomic mass is 16.3. The number of pyridine rings is 1. The van der Waals surface area contributed by atoms with Crippen LogP contribution in [0.5, 0.6) is 0 Å². The first-order valence-corrected chi connectivity index (χ1v) is 11.6. The summed E-state index contributed by atoms with van der Waals surface area (Å²) >= 11 is 0. The molecule has 0 spiro atoms. The fraction of sp³-hybridized carbons (Fsp3) is 0.321. The van der Waals surface area contributed by atoms with Gasteiger partial charge in [-0.15, -0.1) is 0 Å². The largest absolute Gasteiger partial charge is 0.388 e. The fourth-order valence-electron chi connectivity index (χ4n) is 4.58. The lowest BCUT2D eigenvalue weighted by Crippen LogP contribution is -2.49. The lowest BCUT2D eigenvalue weighted by atomic mass is 9.90. The molecule has 1 aliphatic rings. The maximum absolute atomic E-state index is 12.8. The molecule has 0 unspecified atom stereocenters. The van der Waals surface area contributed by atoms with Crippen LogP contribution in [0.2, 0.25) is 0 Å². The van der Waals surface area contributed by atoms with Crippen molar-refractivity contribution in [3.63, 3.8) is 0 Å². The molecular formula is C28H29N3O3. The van der Waals surface area contributed by atoms with Gasteiger partial charge in [-0.1, -0.05) is 67.6 Å². The molecule has 3 aromatic rings. The molecule has 6 nitrogen and oxygen atoms in total. The molecule has 1 aliphatic heterocycles. The molecule has 34 heavy (non-hydrogen) atoms. The van der Waals surface area contributed by atoms with E-state index in [-0.39, 0.29) is 23.9 Å². The van der Waals surface area contributed by atoms with Crippen molar-refractivity contribution in [2.75, 3.05) is 13.1 Å². The Morgan fingerprint density at radius 3 is 2.32 bits per heavy atom. The molecule has 0 aliphatic carbocycles. The molecule has 1 fully saturated rings. The zero-order chi connectivity index (χ0) is 24.1. The number of nitrogens with zero attached hydrogens (tertiary/aromatic N) is 3. The molecule has 1 saturated heterocycles. The number of nitriles is 1. The van der Waals surface area contributed by atoms with E-state index in [2.05, 4.69) is 6.07 Å². The van der Waals surface area contributed by atoms with Crippen LogP contribution in [0.4, 0.5) is 0 Å². The van der Waals surface area contributed by atoms with Gasteiger partial charge in [-0.25, -0.2) is 0 Å². The molecule has 4 rings (SSSR count). The summed E-state index contributed by atoms with van der Waals surface area (Å²) in [6, 6.07) is 22.9. The number of hydrogen-bond donors (Lipinski definition) is 1. The minimum Gasteiger partial charge on any atom is -0.388 e. The molecule has 174 valence electrons. The number of carbonyl (C=O) groups is 1. The monoisotopic (exact) mass is 455 g/mol. The fourth-order valence-corrected chi connectivity index (χ4v) is 4.58. The van der Waals surface area contributed by atoms with Gasteiger partial charge in [0.15, 0.2) is 0 Å². The number of aromatic nitrogens is 1. The van der Waals surface area contributed by atoms with Crippen LogP contribution in [0, 0.1) is 11.3 Å². The third kappa shape index (κ3) is 5.27. The molecule has 1 amide bonds. The van der Waals surface area contributed by atoms with Gasteiger partial charge in [0.25, 0.3) is 5.56 Å².